The summed E-state index contributed by atoms with van der Waals surface area (Å²) in [5.74, 6) is 0.220. The van der Waals surface area contributed by atoms with Crippen LogP contribution in [0, 0.1) is 0 Å². The van der Waals surface area contributed by atoms with Gasteiger partial charge >= 0.3 is 0 Å². The van der Waals surface area contributed by atoms with Crippen molar-refractivity contribution in [2.24, 2.45) is 0 Å². The van der Waals surface area contributed by atoms with Crippen molar-refractivity contribution in [1.82, 2.24) is 15.2 Å². The Hall–Kier alpha value is -1.13. The monoisotopic (exact) mass is 235 g/mol. The average molecular weight is 235 g/mol. The molecular weight excluding hydrogens is 214 g/mol. The lowest BCUT2D eigenvalue weighted by molar-refractivity contribution is 0.0597. The van der Waals surface area contributed by atoms with Gasteiger partial charge in [0.05, 0.1) is 11.9 Å². The molecule has 2 rings (SSSR count). The molecule has 94 valence electrons. The highest BCUT2D eigenvalue weighted by molar-refractivity contribution is 5.17. The molecule has 1 saturated carbocycles. The molecule has 1 aromatic heterocycles. The fourth-order valence-electron chi connectivity index (χ4n) is 2.31. The normalized spacial score (nSPS) is 18.1. The van der Waals surface area contributed by atoms with Crippen molar-refractivity contribution in [2.75, 3.05) is 20.6 Å². The van der Waals surface area contributed by atoms with Crippen LogP contribution >= 0.6 is 0 Å². The Morgan fingerprint density at radius 2 is 2.18 bits per heavy atom. The Balaban J connectivity index is 1.81. The minimum atomic E-state index is 0.220. The summed E-state index contributed by atoms with van der Waals surface area (Å²) < 4.78 is 0. The summed E-state index contributed by atoms with van der Waals surface area (Å²) in [6, 6.07) is 3.53. The van der Waals surface area contributed by atoms with Gasteiger partial charge in [0.2, 0.25) is 0 Å². The molecule has 0 saturated heterocycles. The molecule has 0 bridgehead atoms. The summed E-state index contributed by atoms with van der Waals surface area (Å²) >= 11 is 0. The lowest BCUT2D eigenvalue weighted by Crippen LogP contribution is -2.56. The minimum Gasteiger partial charge on any atom is -0.506 e. The van der Waals surface area contributed by atoms with E-state index in [1.54, 1.807) is 6.07 Å². The van der Waals surface area contributed by atoms with Gasteiger partial charge in [-0.25, -0.2) is 0 Å². The molecule has 0 aromatic carbocycles. The van der Waals surface area contributed by atoms with Crippen LogP contribution in [0.3, 0.4) is 0 Å². The number of hydrogen-bond donors (Lipinski definition) is 2. The van der Waals surface area contributed by atoms with Crippen molar-refractivity contribution in [3.63, 3.8) is 0 Å². The van der Waals surface area contributed by atoms with Crippen LogP contribution in [0.25, 0.3) is 0 Å². The van der Waals surface area contributed by atoms with Crippen LogP contribution in [-0.4, -0.2) is 41.2 Å². The quantitative estimate of drug-likeness (QED) is 0.809. The molecule has 1 aliphatic carbocycles. The fourth-order valence-corrected chi connectivity index (χ4v) is 2.31. The first kappa shape index (κ1) is 12.3. The van der Waals surface area contributed by atoms with Crippen molar-refractivity contribution >= 4 is 0 Å². The van der Waals surface area contributed by atoms with Crippen molar-refractivity contribution in [3.05, 3.63) is 24.0 Å². The van der Waals surface area contributed by atoms with Gasteiger partial charge in [-0.1, -0.05) is 0 Å². The van der Waals surface area contributed by atoms with E-state index in [-0.39, 0.29) is 5.75 Å². The standard InChI is InChI=1S/C13H21N3O/c1-16(2)13(6-3-7-13)10-14-8-11-4-5-12(17)9-15-11/h4-5,9,14,17H,3,6-8,10H2,1-2H3. The van der Waals surface area contributed by atoms with E-state index in [9.17, 15) is 0 Å². The first-order valence-corrected chi connectivity index (χ1v) is 6.14. The third kappa shape index (κ3) is 2.76. The van der Waals surface area contributed by atoms with Gasteiger partial charge in [-0.05, 0) is 45.5 Å². The molecule has 0 amide bonds. The van der Waals surface area contributed by atoms with Crippen LogP contribution in [-0.2, 0) is 6.54 Å². The molecule has 0 atom stereocenters. The Labute approximate surface area is 103 Å². The molecule has 1 fully saturated rings. The molecule has 4 nitrogen and oxygen atoms in total. The lowest BCUT2D eigenvalue weighted by atomic mass is 9.75. The number of aromatic nitrogens is 1. The molecule has 1 heterocycles. The molecule has 2 N–H and O–H groups in total. The predicted octanol–water partition coefficient (Wildman–Crippen LogP) is 1.36. The second-order valence-corrected chi connectivity index (χ2v) is 5.08. The molecule has 17 heavy (non-hydrogen) atoms. The summed E-state index contributed by atoms with van der Waals surface area (Å²) in [5.41, 5.74) is 1.31. The zero-order valence-corrected chi connectivity index (χ0v) is 10.6. The maximum absolute atomic E-state index is 9.14. The number of likely N-dealkylation sites (N-methyl/N-ethyl adjacent to an activating group) is 1. The maximum atomic E-state index is 9.14. The minimum absolute atomic E-state index is 0.220. The van der Waals surface area contributed by atoms with Crippen molar-refractivity contribution in [2.45, 2.75) is 31.3 Å². The Morgan fingerprint density at radius 3 is 2.65 bits per heavy atom. The Kier molecular flexibility index (Phi) is 3.64. The van der Waals surface area contributed by atoms with Crippen LogP contribution in [0.4, 0.5) is 0 Å². The lowest BCUT2D eigenvalue weighted by Gasteiger charge is -2.47. The Bertz CT molecular complexity index is 357. The van der Waals surface area contributed by atoms with E-state index in [1.165, 1.54) is 25.5 Å². The average Bonchev–Trinajstić information content (AvgIpc) is 2.24. The number of pyridine rings is 1. The topological polar surface area (TPSA) is 48.4 Å². The summed E-state index contributed by atoms with van der Waals surface area (Å²) in [4.78, 5) is 6.49. The molecule has 1 aliphatic rings. The first-order valence-electron chi connectivity index (χ1n) is 6.14. The number of rotatable bonds is 5. The maximum Gasteiger partial charge on any atom is 0.133 e. The van der Waals surface area contributed by atoms with E-state index in [0.717, 1.165) is 18.8 Å². The summed E-state index contributed by atoms with van der Waals surface area (Å²) in [6.07, 6.45) is 5.37. The molecule has 1 aromatic rings. The van der Waals surface area contributed by atoms with Crippen LogP contribution < -0.4 is 5.32 Å². The largest absolute Gasteiger partial charge is 0.506 e. The predicted molar refractivity (Wildman–Crippen MR) is 67.9 cm³/mol. The van der Waals surface area contributed by atoms with Crippen molar-refractivity contribution in [3.8, 4) is 5.75 Å². The SMILES string of the molecule is CN(C)C1(CNCc2ccc(O)cn2)CCC1. The van der Waals surface area contributed by atoms with Gasteiger partial charge in [0, 0.05) is 18.6 Å². The number of hydrogen-bond acceptors (Lipinski definition) is 4. The van der Waals surface area contributed by atoms with Gasteiger partial charge in [0.15, 0.2) is 0 Å². The van der Waals surface area contributed by atoms with Gasteiger partial charge in [-0.15, -0.1) is 0 Å². The van der Waals surface area contributed by atoms with E-state index in [2.05, 4.69) is 29.3 Å². The summed E-state index contributed by atoms with van der Waals surface area (Å²) in [7, 11) is 4.30. The summed E-state index contributed by atoms with van der Waals surface area (Å²) in [6.45, 7) is 1.76. The van der Waals surface area contributed by atoms with Gasteiger partial charge in [-0.2, -0.15) is 0 Å². The highest BCUT2D eigenvalue weighted by Gasteiger charge is 2.38. The molecule has 4 heteroatoms. The van der Waals surface area contributed by atoms with E-state index in [4.69, 9.17) is 5.11 Å². The van der Waals surface area contributed by atoms with Gasteiger partial charge in [-0.3, -0.25) is 4.98 Å². The third-order valence-corrected chi connectivity index (χ3v) is 3.80. The molecule has 0 radical (unpaired) electrons. The van der Waals surface area contributed by atoms with E-state index >= 15 is 0 Å². The van der Waals surface area contributed by atoms with Gasteiger partial charge in [0.25, 0.3) is 0 Å². The van der Waals surface area contributed by atoms with Crippen LogP contribution in [0.2, 0.25) is 0 Å². The van der Waals surface area contributed by atoms with Crippen molar-refractivity contribution in [1.29, 1.82) is 0 Å². The molecule has 0 spiro atoms. The number of aromatic hydroxyl groups is 1. The number of nitrogens with zero attached hydrogens (tertiary/aromatic N) is 2. The zero-order valence-electron chi connectivity index (χ0n) is 10.6. The molecule has 0 unspecified atom stereocenters. The third-order valence-electron chi connectivity index (χ3n) is 3.80. The van der Waals surface area contributed by atoms with E-state index in [0.29, 0.717) is 5.54 Å². The van der Waals surface area contributed by atoms with Crippen LogP contribution in [0.5, 0.6) is 5.75 Å². The van der Waals surface area contributed by atoms with Crippen LogP contribution in [0.15, 0.2) is 18.3 Å². The van der Waals surface area contributed by atoms with E-state index in [1.807, 2.05) is 6.07 Å². The molecular formula is C13H21N3O. The van der Waals surface area contributed by atoms with Gasteiger partial charge < -0.3 is 15.3 Å². The van der Waals surface area contributed by atoms with E-state index < -0.39 is 0 Å². The fraction of sp³-hybridized carbons (Fsp3) is 0.615. The highest BCUT2D eigenvalue weighted by atomic mass is 16.3. The van der Waals surface area contributed by atoms with Crippen LogP contribution in [0.1, 0.15) is 25.0 Å². The second-order valence-electron chi connectivity index (χ2n) is 5.08. The second kappa shape index (κ2) is 5.02. The highest BCUT2D eigenvalue weighted by Crippen LogP contribution is 2.35. The van der Waals surface area contributed by atoms with Gasteiger partial charge in [0.1, 0.15) is 5.75 Å². The first-order chi connectivity index (χ1) is 8.12. The Morgan fingerprint density at radius 1 is 1.41 bits per heavy atom. The van der Waals surface area contributed by atoms with Crippen molar-refractivity contribution < 1.29 is 5.11 Å². The zero-order chi connectivity index (χ0) is 12.3. The summed E-state index contributed by atoms with van der Waals surface area (Å²) in [5, 5.41) is 12.6. The smallest absolute Gasteiger partial charge is 0.133 e. The number of nitrogens with one attached hydrogen (secondary N) is 1. The molecule has 0 aliphatic heterocycles.